The molecule has 0 spiro atoms. The second kappa shape index (κ2) is 7.64. The Morgan fingerprint density at radius 1 is 1.20 bits per heavy atom. The van der Waals surface area contributed by atoms with E-state index in [-0.39, 0.29) is 16.6 Å². The molecule has 5 heteroatoms. The van der Waals surface area contributed by atoms with Crippen LogP contribution in [0.3, 0.4) is 0 Å². The van der Waals surface area contributed by atoms with Crippen LogP contribution in [0.5, 0.6) is 5.75 Å². The standard InChI is InChI=1S/C15H24O4S/c1-4-5-6-7-10-19-14-9-8-13(12(2)3)11-15(14)20(16,17)18/h8-9,11-12H,4-7,10H2,1-3H3,(H,16,17,18). The molecule has 0 atom stereocenters. The van der Waals surface area contributed by atoms with Crippen LogP contribution in [0.15, 0.2) is 23.1 Å². The molecule has 0 aliphatic heterocycles. The fraction of sp³-hybridized carbons (Fsp3) is 0.600. The van der Waals surface area contributed by atoms with Gasteiger partial charge in [-0.05, 0) is 30.0 Å². The molecule has 0 fully saturated rings. The Balaban J connectivity index is 2.85. The van der Waals surface area contributed by atoms with E-state index >= 15 is 0 Å². The van der Waals surface area contributed by atoms with Crippen LogP contribution in [-0.4, -0.2) is 19.6 Å². The molecule has 0 heterocycles. The van der Waals surface area contributed by atoms with Gasteiger partial charge in [-0.15, -0.1) is 0 Å². The molecule has 0 aliphatic rings. The van der Waals surface area contributed by atoms with Crippen molar-refractivity contribution in [2.75, 3.05) is 6.61 Å². The Labute approximate surface area is 121 Å². The van der Waals surface area contributed by atoms with Crippen molar-refractivity contribution in [3.63, 3.8) is 0 Å². The molecule has 1 rings (SSSR count). The molecule has 0 aromatic heterocycles. The second-order valence-electron chi connectivity index (χ2n) is 5.25. The van der Waals surface area contributed by atoms with Crippen molar-refractivity contribution in [1.82, 2.24) is 0 Å². The maximum Gasteiger partial charge on any atom is 0.298 e. The molecule has 1 aromatic carbocycles. The molecule has 0 amide bonds. The summed E-state index contributed by atoms with van der Waals surface area (Å²) in [6.07, 6.45) is 4.21. The van der Waals surface area contributed by atoms with Gasteiger partial charge in [-0.1, -0.05) is 46.1 Å². The molecular weight excluding hydrogens is 276 g/mol. The number of ether oxygens (including phenoxy) is 1. The lowest BCUT2D eigenvalue weighted by Crippen LogP contribution is -2.06. The van der Waals surface area contributed by atoms with Crippen LogP contribution in [0, 0.1) is 0 Å². The molecule has 0 radical (unpaired) electrons. The van der Waals surface area contributed by atoms with Gasteiger partial charge in [-0.25, -0.2) is 0 Å². The zero-order valence-electron chi connectivity index (χ0n) is 12.4. The van der Waals surface area contributed by atoms with E-state index in [4.69, 9.17) is 4.74 Å². The van der Waals surface area contributed by atoms with Gasteiger partial charge in [0.25, 0.3) is 10.1 Å². The molecule has 114 valence electrons. The van der Waals surface area contributed by atoms with Gasteiger partial charge in [0, 0.05) is 0 Å². The quantitative estimate of drug-likeness (QED) is 0.582. The molecule has 1 aromatic rings. The van der Waals surface area contributed by atoms with E-state index in [9.17, 15) is 13.0 Å². The van der Waals surface area contributed by atoms with Crippen LogP contribution in [-0.2, 0) is 10.1 Å². The first-order valence-electron chi connectivity index (χ1n) is 7.10. The topological polar surface area (TPSA) is 63.6 Å². The zero-order chi connectivity index (χ0) is 15.2. The van der Waals surface area contributed by atoms with Crippen LogP contribution >= 0.6 is 0 Å². The Bertz CT molecular complexity index is 521. The van der Waals surface area contributed by atoms with Crippen LogP contribution in [0.2, 0.25) is 0 Å². The van der Waals surface area contributed by atoms with Crippen molar-refractivity contribution in [1.29, 1.82) is 0 Å². The average molecular weight is 300 g/mol. The van der Waals surface area contributed by atoms with Crippen LogP contribution in [0.1, 0.15) is 57.9 Å². The number of unbranched alkanes of at least 4 members (excludes halogenated alkanes) is 3. The molecule has 0 bridgehead atoms. The van der Waals surface area contributed by atoms with Gasteiger partial charge in [0.2, 0.25) is 0 Å². The largest absolute Gasteiger partial charge is 0.492 e. The molecule has 0 saturated carbocycles. The normalized spacial score (nSPS) is 11.8. The third-order valence-corrected chi connectivity index (χ3v) is 4.04. The van der Waals surface area contributed by atoms with Gasteiger partial charge in [0.05, 0.1) is 6.61 Å². The smallest absolute Gasteiger partial charge is 0.298 e. The first-order valence-corrected chi connectivity index (χ1v) is 8.54. The van der Waals surface area contributed by atoms with Crippen molar-refractivity contribution < 1.29 is 17.7 Å². The minimum atomic E-state index is -4.26. The highest BCUT2D eigenvalue weighted by Crippen LogP contribution is 2.28. The van der Waals surface area contributed by atoms with E-state index in [0.29, 0.717) is 6.61 Å². The molecule has 20 heavy (non-hydrogen) atoms. The van der Waals surface area contributed by atoms with Gasteiger partial charge in [0.1, 0.15) is 10.6 Å². The van der Waals surface area contributed by atoms with Crippen molar-refractivity contribution in [2.24, 2.45) is 0 Å². The monoisotopic (exact) mass is 300 g/mol. The highest BCUT2D eigenvalue weighted by Gasteiger charge is 2.18. The maximum atomic E-state index is 11.4. The number of benzene rings is 1. The summed E-state index contributed by atoms with van der Waals surface area (Å²) in [6.45, 7) is 6.52. The molecule has 0 aliphatic carbocycles. The fourth-order valence-electron chi connectivity index (χ4n) is 1.92. The first kappa shape index (κ1) is 17.0. The summed E-state index contributed by atoms with van der Waals surface area (Å²) in [5.41, 5.74) is 0.857. The van der Waals surface area contributed by atoms with Crippen molar-refractivity contribution in [3.05, 3.63) is 23.8 Å². The van der Waals surface area contributed by atoms with E-state index in [1.165, 1.54) is 6.07 Å². The highest BCUT2D eigenvalue weighted by molar-refractivity contribution is 7.86. The summed E-state index contributed by atoms with van der Waals surface area (Å²) in [5, 5.41) is 0. The van der Waals surface area contributed by atoms with Crippen molar-refractivity contribution >= 4 is 10.1 Å². The van der Waals surface area contributed by atoms with Gasteiger partial charge in [0.15, 0.2) is 0 Å². The van der Waals surface area contributed by atoms with Gasteiger partial charge in [-0.3, -0.25) is 4.55 Å². The van der Waals surface area contributed by atoms with E-state index in [2.05, 4.69) is 6.92 Å². The first-order chi connectivity index (χ1) is 9.36. The third-order valence-electron chi connectivity index (χ3n) is 3.17. The summed E-state index contributed by atoms with van der Waals surface area (Å²) in [5.74, 6) is 0.419. The Morgan fingerprint density at radius 3 is 2.45 bits per heavy atom. The number of hydrogen-bond acceptors (Lipinski definition) is 3. The van der Waals surface area contributed by atoms with E-state index in [0.717, 1.165) is 31.2 Å². The SMILES string of the molecule is CCCCCCOc1ccc(C(C)C)cc1S(=O)(=O)O. The highest BCUT2D eigenvalue weighted by atomic mass is 32.2. The van der Waals surface area contributed by atoms with Gasteiger partial charge < -0.3 is 4.74 Å². The molecule has 0 saturated heterocycles. The maximum absolute atomic E-state index is 11.4. The predicted octanol–water partition coefficient (Wildman–Crippen LogP) is 4.02. The summed E-state index contributed by atoms with van der Waals surface area (Å²) in [6, 6.07) is 4.94. The summed E-state index contributed by atoms with van der Waals surface area (Å²) in [4.78, 5) is -0.140. The summed E-state index contributed by atoms with van der Waals surface area (Å²) in [7, 11) is -4.26. The van der Waals surface area contributed by atoms with Gasteiger partial charge in [-0.2, -0.15) is 8.42 Å². The summed E-state index contributed by atoms with van der Waals surface area (Å²) >= 11 is 0. The average Bonchev–Trinajstić information content (AvgIpc) is 2.37. The van der Waals surface area contributed by atoms with Crippen LogP contribution in [0.25, 0.3) is 0 Å². The number of hydrogen-bond donors (Lipinski definition) is 1. The summed E-state index contributed by atoms with van der Waals surface area (Å²) < 4.78 is 37.7. The molecule has 0 unspecified atom stereocenters. The van der Waals surface area contributed by atoms with Crippen LogP contribution < -0.4 is 4.74 Å². The Kier molecular flexibility index (Phi) is 6.49. The van der Waals surface area contributed by atoms with Crippen molar-refractivity contribution in [2.45, 2.75) is 57.3 Å². The lowest BCUT2D eigenvalue weighted by atomic mass is 10.0. The van der Waals surface area contributed by atoms with Crippen molar-refractivity contribution in [3.8, 4) is 5.75 Å². The minimum absolute atomic E-state index is 0.140. The lowest BCUT2D eigenvalue weighted by Gasteiger charge is -2.13. The second-order valence-corrected chi connectivity index (χ2v) is 6.64. The van der Waals surface area contributed by atoms with Gasteiger partial charge >= 0.3 is 0 Å². The Hall–Kier alpha value is -1.07. The fourth-order valence-corrected chi connectivity index (χ4v) is 2.58. The predicted molar refractivity (Wildman–Crippen MR) is 80.0 cm³/mol. The molecule has 4 nitrogen and oxygen atoms in total. The van der Waals surface area contributed by atoms with E-state index in [1.54, 1.807) is 6.07 Å². The Morgan fingerprint density at radius 2 is 1.90 bits per heavy atom. The molecular formula is C15H24O4S. The number of rotatable bonds is 8. The lowest BCUT2D eigenvalue weighted by molar-refractivity contribution is 0.296. The minimum Gasteiger partial charge on any atom is -0.492 e. The third kappa shape index (κ3) is 5.13. The van der Waals surface area contributed by atoms with E-state index < -0.39 is 10.1 Å². The zero-order valence-corrected chi connectivity index (χ0v) is 13.2. The molecule has 1 N–H and O–H groups in total. The van der Waals surface area contributed by atoms with E-state index in [1.807, 2.05) is 19.9 Å². The van der Waals surface area contributed by atoms with Crippen LogP contribution in [0.4, 0.5) is 0 Å².